The third kappa shape index (κ3) is 7.30. The molecule has 0 spiro atoms. The van der Waals surface area contributed by atoms with Crippen molar-refractivity contribution in [2.24, 2.45) is 5.92 Å². The zero-order chi connectivity index (χ0) is 33.0. The number of benzene rings is 4. The van der Waals surface area contributed by atoms with Crippen LogP contribution in [0.25, 0.3) is 10.8 Å². The Hall–Kier alpha value is -4.52. The number of likely N-dealkylation sites (N-methyl/N-ethyl adjacent to an activating group) is 1. The molecule has 46 heavy (non-hydrogen) atoms. The summed E-state index contributed by atoms with van der Waals surface area (Å²) in [6, 6.07) is 21.9. The van der Waals surface area contributed by atoms with Gasteiger partial charge in [0, 0.05) is 36.1 Å². The molecule has 0 fully saturated rings. The second kappa shape index (κ2) is 13.9. The number of aliphatic hydroxyl groups is 1. The number of hydrogen-bond acceptors (Lipinski definition) is 6. The van der Waals surface area contributed by atoms with Gasteiger partial charge in [0.15, 0.2) is 0 Å². The molecule has 0 saturated heterocycles. The summed E-state index contributed by atoms with van der Waals surface area (Å²) in [6.45, 7) is 3.48. The summed E-state index contributed by atoms with van der Waals surface area (Å²) in [5.41, 5.74) is 1.56. The van der Waals surface area contributed by atoms with Crippen LogP contribution in [0.15, 0.2) is 89.8 Å². The van der Waals surface area contributed by atoms with Crippen molar-refractivity contribution in [2.45, 2.75) is 37.3 Å². The first-order valence-corrected chi connectivity index (χ1v) is 16.4. The average Bonchev–Trinajstić information content (AvgIpc) is 3.08. The fraction of sp³-hybridized carbons (Fsp3) is 0.294. The Morgan fingerprint density at radius 1 is 1.07 bits per heavy atom. The Bertz CT molecular complexity index is 1830. The number of urea groups is 1. The van der Waals surface area contributed by atoms with Crippen LogP contribution < -0.4 is 15.4 Å². The van der Waals surface area contributed by atoms with Gasteiger partial charge in [-0.1, -0.05) is 43.3 Å². The SMILES string of the molecule is C[C@H]1CN([C@@H](C)CO)C(=O)Cc2cc(NC(=O)Nc3cccc4ccccc34)ccc2O[C@H]1CN(C)S(=O)(=O)c1ccc(F)cc1. The molecule has 0 radical (unpaired) electrons. The molecule has 12 heteroatoms. The van der Waals surface area contributed by atoms with E-state index in [0.717, 1.165) is 27.2 Å². The first-order valence-electron chi connectivity index (χ1n) is 14.9. The van der Waals surface area contributed by atoms with Gasteiger partial charge in [-0.2, -0.15) is 4.31 Å². The molecule has 1 heterocycles. The third-order valence-electron chi connectivity index (χ3n) is 8.17. The number of rotatable bonds is 8. The number of anilines is 2. The summed E-state index contributed by atoms with van der Waals surface area (Å²) in [5, 5.41) is 17.5. The highest BCUT2D eigenvalue weighted by Crippen LogP contribution is 2.30. The van der Waals surface area contributed by atoms with Gasteiger partial charge < -0.3 is 25.4 Å². The van der Waals surface area contributed by atoms with E-state index in [-0.39, 0.29) is 42.8 Å². The van der Waals surface area contributed by atoms with Crippen molar-refractivity contribution in [3.63, 3.8) is 0 Å². The fourth-order valence-electron chi connectivity index (χ4n) is 5.48. The number of aliphatic hydroxyl groups excluding tert-OH is 1. The molecule has 4 aromatic carbocycles. The van der Waals surface area contributed by atoms with E-state index >= 15 is 0 Å². The van der Waals surface area contributed by atoms with Crippen LogP contribution in [-0.4, -0.2) is 73.6 Å². The van der Waals surface area contributed by atoms with Gasteiger partial charge >= 0.3 is 6.03 Å². The van der Waals surface area contributed by atoms with Crippen LogP contribution in [0.1, 0.15) is 19.4 Å². The van der Waals surface area contributed by atoms with E-state index in [1.807, 2.05) is 49.4 Å². The van der Waals surface area contributed by atoms with Gasteiger partial charge in [0.1, 0.15) is 17.7 Å². The predicted molar refractivity (Wildman–Crippen MR) is 175 cm³/mol. The zero-order valence-electron chi connectivity index (χ0n) is 25.8. The number of sulfonamides is 1. The Kier molecular flexibility index (Phi) is 9.90. The van der Waals surface area contributed by atoms with E-state index in [9.17, 15) is 27.5 Å². The molecule has 0 unspecified atom stereocenters. The maximum absolute atomic E-state index is 13.6. The number of fused-ring (bicyclic) bond motifs is 2. The molecule has 10 nitrogen and oxygen atoms in total. The van der Waals surface area contributed by atoms with Gasteiger partial charge in [-0.15, -0.1) is 0 Å². The lowest BCUT2D eigenvalue weighted by Gasteiger charge is -2.33. The second-order valence-electron chi connectivity index (χ2n) is 11.6. The molecule has 5 rings (SSSR count). The molecular weight excluding hydrogens is 611 g/mol. The summed E-state index contributed by atoms with van der Waals surface area (Å²) in [4.78, 5) is 28.1. The number of hydrogen-bond donors (Lipinski definition) is 3. The summed E-state index contributed by atoms with van der Waals surface area (Å²) >= 11 is 0. The molecule has 1 aliphatic heterocycles. The van der Waals surface area contributed by atoms with Crippen molar-refractivity contribution >= 4 is 44.1 Å². The highest BCUT2D eigenvalue weighted by molar-refractivity contribution is 7.89. The van der Waals surface area contributed by atoms with Crippen molar-refractivity contribution < 1.29 is 32.2 Å². The van der Waals surface area contributed by atoms with Crippen LogP contribution in [0.2, 0.25) is 0 Å². The van der Waals surface area contributed by atoms with Crippen LogP contribution in [0.5, 0.6) is 5.75 Å². The van der Waals surface area contributed by atoms with Gasteiger partial charge in [-0.3, -0.25) is 4.79 Å². The number of ether oxygens (including phenoxy) is 1. The fourth-order valence-corrected chi connectivity index (χ4v) is 6.67. The van der Waals surface area contributed by atoms with Gasteiger partial charge in [0.05, 0.1) is 36.2 Å². The van der Waals surface area contributed by atoms with Crippen molar-refractivity contribution in [1.29, 1.82) is 0 Å². The summed E-state index contributed by atoms with van der Waals surface area (Å²) in [7, 11) is -2.56. The third-order valence-corrected chi connectivity index (χ3v) is 10.0. The molecule has 0 bridgehead atoms. The Morgan fingerprint density at radius 3 is 2.52 bits per heavy atom. The number of nitrogens with zero attached hydrogens (tertiary/aromatic N) is 2. The minimum Gasteiger partial charge on any atom is -0.488 e. The summed E-state index contributed by atoms with van der Waals surface area (Å²) in [5.74, 6) is -0.770. The highest BCUT2D eigenvalue weighted by atomic mass is 32.2. The Morgan fingerprint density at radius 2 is 1.78 bits per heavy atom. The number of carbonyl (C=O) groups is 2. The smallest absolute Gasteiger partial charge is 0.323 e. The van der Waals surface area contributed by atoms with Gasteiger partial charge in [-0.05, 0) is 60.8 Å². The highest BCUT2D eigenvalue weighted by Gasteiger charge is 2.33. The molecule has 0 aliphatic carbocycles. The van der Waals surface area contributed by atoms with Crippen LogP contribution in [0.4, 0.5) is 20.6 Å². The van der Waals surface area contributed by atoms with Crippen LogP contribution in [-0.2, 0) is 21.2 Å². The Balaban J connectivity index is 1.41. The topological polar surface area (TPSA) is 128 Å². The molecule has 3 atom stereocenters. The van der Waals surface area contributed by atoms with Gasteiger partial charge in [0.25, 0.3) is 0 Å². The first kappa shape index (κ1) is 32.9. The van der Waals surface area contributed by atoms with E-state index in [1.165, 1.54) is 19.2 Å². The molecule has 3 amide bonds. The number of amides is 3. The second-order valence-corrected chi connectivity index (χ2v) is 13.6. The van der Waals surface area contributed by atoms with Crippen molar-refractivity contribution in [1.82, 2.24) is 9.21 Å². The number of nitrogens with one attached hydrogen (secondary N) is 2. The molecule has 0 aromatic heterocycles. The monoisotopic (exact) mass is 648 g/mol. The van der Waals surface area contributed by atoms with Gasteiger partial charge in [-0.25, -0.2) is 17.6 Å². The molecular formula is C34H37FN4O6S. The maximum atomic E-state index is 13.6. The lowest BCUT2D eigenvalue weighted by Crippen LogP contribution is -2.48. The van der Waals surface area contributed by atoms with Crippen LogP contribution in [0, 0.1) is 11.7 Å². The Labute approximate surface area is 267 Å². The van der Waals surface area contributed by atoms with E-state index in [2.05, 4.69) is 10.6 Å². The van der Waals surface area contributed by atoms with Crippen molar-refractivity contribution in [3.05, 3.63) is 96.3 Å². The maximum Gasteiger partial charge on any atom is 0.323 e. The summed E-state index contributed by atoms with van der Waals surface area (Å²) < 4.78 is 47.7. The first-order chi connectivity index (χ1) is 22.0. The minimum atomic E-state index is -3.98. The van der Waals surface area contributed by atoms with Crippen molar-refractivity contribution in [3.8, 4) is 5.75 Å². The van der Waals surface area contributed by atoms with Crippen molar-refractivity contribution in [2.75, 3.05) is 37.4 Å². The zero-order valence-corrected chi connectivity index (χ0v) is 26.6. The molecule has 1 aliphatic rings. The largest absolute Gasteiger partial charge is 0.488 e. The number of halogens is 1. The lowest BCUT2D eigenvalue weighted by atomic mass is 10.0. The minimum absolute atomic E-state index is 0.0595. The average molecular weight is 649 g/mol. The summed E-state index contributed by atoms with van der Waals surface area (Å²) in [6.07, 6.45) is -0.768. The van der Waals surface area contributed by atoms with E-state index in [4.69, 9.17) is 4.74 Å². The van der Waals surface area contributed by atoms with Crippen LogP contribution in [0.3, 0.4) is 0 Å². The van der Waals surface area contributed by atoms with E-state index in [0.29, 0.717) is 22.7 Å². The normalized spacial score (nSPS) is 17.8. The predicted octanol–water partition coefficient (Wildman–Crippen LogP) is 5.09. The number of carbonyl (C=O) groups excluding carboxylic acids is 2. The van der Waals surface area contributed by atoms with E-state index < -0.39 is 34.0 Å². The molecule has 0 saturated carbocycles. The van der Waals surface area contributed by atoms with Crippen LogP contribution >= 0.6 is 0 Å². The quantitative estimate of drug-likeness (QED) is 0.244. The molecule has 242 valence electrons. The standard InChI is InChI=1S/C34H37FN4O6S/c1-22-19-39(23(2)21-40)33(41)18-25-17-27(36-34(42)37-30-10-6-8-24-7-4-5-9-29(24)30)13-16-31(25)45-32(22)20-38(3)46(43,44)28-14-11-26(35)12-15-28/h4-17,22-23,32,40H,18-21H2,1-3H3,(H2,36,37,42)/t22-,23-,32-/m0/s1. The van der Waals surface area contributed by atoms with Gasteiger partial charge in [0.2, 0.25) is 15.9 Å². The van der Waals surface area contributed by atoms with E-state index in [1.54, 1.807) is 30.0 Å². The molecule has 3 N–H and O–H groups in total. The lowest BCUT2D eigenvalue weighted by molar-refractivity contribution is -0.134. The molecule has 4 aromatic rings.